The molecule has 0 fully saturated rings. The molecule has 39 heavy (non-hydrogen) atoms. The highest BCUT2D eigenvalue weighted by Crippen LogP contribution is 2.40. The Balaban J connectivity index is 1.66. The Morgan fingerprint density at radius 1 is 1.18 bits per heavy atom. The number of aromatic nitrogens is 2. The van der Waals surface area contributed by atoms with Crippen LogP contribution in [-0.2, 0) is 9.53 Å². The summed E-state index contributed by atoms with van der Waals surface area (Å²) in [7, 11) is 1.59. The van der Waals surface area contributed by atoms with Gasteiger partial charge in [0.05, 0.1) is 29.5 Å². The Kier molecular flexibility index (Phi) is 6.48. The van der Waals surface area contributed by atoms with Gasteiger partial charge in [0.15, 0.2) is 4.80 Å². The van der Waals surface area contributed by atoms with Gasteiger partial charge >= 0.3 is 5.97 Å². The van der Waals surface area contributed by atoms with E-state index in [1.807, 2.05) is 66.9 Å². The van der Waals surface area contributed by atoms with Crippen molar-refractivity contribution in [1.29, 1.82) is 0 Å². The van der Waals surface area contributed by atoms with Crippen molar-refractivity contribution in [2.45, 2.75) is 19.9 Å². The highest BCUT2D eigenvalue weighted by molar-refractivity contribution is 9.10. The van der Waals surface area contributed by atoms with Gasteiger partial charge in [-0.25, -0.2) is 9.79 Å². The number of rotatable bonds is 5. The smallest absolute Gasteiger partial charge is 0.338 e. The van der Waals surface area contributed by atoms with E-state index in [1.165, 1.54) is 11.3 Å². The van der Waals surface area contributed by atoms with Crippen LogP contribution in [0.2, 0.25) is 0 Å². The zero-order chi connectivity index (χ0) is 27.3. The van der Waals surface area contributed by atoms with Crippen molar-refractivity contribution < 1.29 is 14.3 Å². The number of aromatic amines is 1. The van der Waals surface area contributed by atoms with E-state index in [9.17, 15) is 9.59 Å². The first-order valence-electron chi connectivity index (χ1n) is 12.4. The number of carbonyl (C=O) groups excluding carboxylic acids is 1. The average molecular weight is 603 g/mol. The fourth-order valence-electron chi connectivity index (χ4n) is 5.18. The van der Waals surface area contributed by atoms with E-state index in [0.29, 0.717) is 26.4 Å². The van der Waals surface area contributed by atoms with Gasteiger partial charge in [0.2, 0.25) is 0 Å². The normalized spacial score (nSPS) is 15.5. The lowest BCUT2D eigenvalue weighted by Gasteiger charge is -2.27. The van der Waals surface area contributed by atoms with Crippen LogP contribution in [0.1, 0.15) is 31.0 Å². The Hall–Kier alpha value is -3.95. The standard InChI is InChI=1S/C30H24BrN3O4S/c1-4-38-29(36)25-16(2)33-30-34(27(25)26-20-8-6-5-7-17(20)9-12-23(26)37-3)28(35)24(39-30)13-18-15-32-22-11-10-19(31)14-21(18)22/h5-15,27,32H,4H2,1-3H3. The molecule has 3 aromatic carbocycles. The fourth-order valence-corrected chi connectivity index (χ4v) is 6.57. The third kappa shape index (κ3) is 4.22. The number of hydrogen-bond donors (Lipinski definition) is 1. The highest BCUT2D eigenvalue weighted by atomic mass is 79.9. The molecule has 1 atom stereocenters. The first kappa shape index (κ1) is 25.3. The predicted octanol–water partition coefficient (Wildman–Crippen LogP) is 5.20. The third-order valence-corrected chi connectivity index (χ3v) is 8.38. The number of carbonyl (C=O) groups is 1. The monoisotopic (exact) mass is 601 g/mol. The topological polar surface area (TPSA) is 85.7 Å². The number of nitrogens with one attached hydrogen (secondary N) is 1. The lowest BCUT2D eigenvalue weighted by Crippen LogP contribution is -2.40. The van der Waals surface area contributed by atoms with Gasteiger partial charge in [-0.05, 0) is 55.0 Å². The number of nitrogens with zero attached hydrogens (tertiary/aromatic N) is 2. The lowest BCUT2D eigenvalue weighted by atomic mass is 9.90. The number of benzene rings is 3. The molecule has 0 radical (unpaired) electrons. The molecule has 0 saturated carbocycles. The molecule has 3 heterocycles. The van der Waals surface area contributed by atoms with Gasteiger partial charge in [-0.1, -0.05) is 57.6 Å². The maximum Gasteiger partial charge on any atom is 0.338 e. The van der Waals surface area contributed by atoms with Crippen LogP contribution in [0, 0.1) is 0 Å². The molecule has 7 nitrogen and oxygen atoms in total. The van der Waals surface area contributed by atoms with E-state index in [0.717, 1.165) is 37.3 Å². The molecule has 0 saturated heterocycles. The summed E-state index contributed by atoms with van der Waals surface area (Å²) in [6.45, 7) is 3.75. The summed E-state index contributed by atoms with van der Waals surface area (Å²) in [6.07, 6.45) is 3.76. The first-order valence-corrected chi connectivity index (χ1v) is 14.0. The molecule has 1 aliphatic rings. The van der Waals surface area contributed by atoms with Crippen molar-refractivity contribution in [2.75, 3.05) is 13.7 Å². The van der Waals surface area contributed by atoms with Crippen LogP contribution in [0.3, 0.4) is 0 Å². The minimum Gasteiger partial charge on any atom is -0.496 e. The average Bonchev–Trinajstić information content (AvgIpc) is 3.47. The predicted molar refractivity (Wildman–Crippen MR) is 157 cm³/mol. The molecular weight excluding hydrogens is 578 g/mol. The molecule has 1 aliphatic heterocycles. The van der Waals surface area contributed by atoms with Crippen LogP contribution in [0.25, 0.3) is 27.8 Å². The van der Waals surface area contributed by atoms with E-state index in [2.05, 4.69) is 20.9 Å². The summed E-state index contributed by atoms with van der Waals surface area (Å²) in [4.78, 5) is 36.0. The summed E-state index contributed by atoms with van der Waals surface area (Å²) < 4.78 is 14.3. The van der Waals surface area contributed by atoms with Crippen molar-refractivity contribution >= 4 is 61.0 Å². The summed E-state index contributed by atoms with van der Waals surface area (Å²) >= 11 is 4.83. The second-order valence-electron chi connectivity index (χ2n) is 9.14. The molecule has 196 valence electrons. The molecule has 9 heteroatoms. The number of halogens is 1. The highest BCUT2D eigenvalue weighted by Gasteiger charge is 2.36. The van der Waals surface area contributed by atoms with Crippen molar-refractivity contribution in [3.05, 3.63) is 107 Å². The molecule has 0 bridgehead atoms. The summed E-state index contributed by atoms with van der Waals surface area (Å²) in [6, 6.07) is 16.9. The van der Waals surface area contributed by atoms with Gasteiger partial charge in [0.25, 0.3) is 5.56 Å². The minimum atomic E-state index is -0.777. The fraction of sp³-hybridized carbons (Fsp3) is 0.167. The molecule has 1 unspecified atom stereocenters. The number of hydrogen-bond acceptors (Lipinski definition) is 6. The van der Waals surface area contributed by atoms with Crippen LogP contribution < -0.4 is 19.6 Å². The molecule has 2 aromatic heterocycles. The van der Waals surface area contributed by atoms with Crippen molar-refractivity contribution in [2.24, 2.45) is 4.99 Å². The van der Waals surface area contributed by atoms with E-state index in [-0.39, 0.29) is 12.2 Å². The lowest BCUT2D eigenvalue weighted by molar-refractivity contribution is -0.139. The van der Waals surface area contributed by atoms with Crippen molar-refractivity contribution in [1.82, 2.24) is 9.55 Å². The molecule has 0 amide bonds. The first-order chi connectivity index (χ1) is 18.9. The molecular formula is C30H24BrN3O4S. The van der Waals surface area contributed by atoms with Gasteiger partial charge in [-0.2, -0.15) is 0 Å². The van der Waals surface area contributed by atoms with Gasteiger partial charge in [0.1, 0.15) is 11.8 Å². The van der Waals surface area contributed by atoms with E-state index in [1.54, 1.807) is 25.5 Å². The largest absolute Gasteiger partial charge is 0.496 e. The van der Waals surface area contributed by atoms with Crippen molar-refractivity contribution in [3.8, 4) is 5.75 Å². The number of H-pyrrole nitrogens is 1. The number of thiazole rings is 1. The van der Waals surface area contributed by atoms with Gasteiger partial charge in [-0.15, -0.1) is 0 Å². The van der Waals surface area contributed by atoms with E-state index < -0.39 is 12.0 Å². The van der Waals surface area contributed by atoms with E-state index in [4.69, 9.17) is 14.5 Å². The Labute approximate surface area is 235 Å². The van der Waals surface area contributed by atoms with E-state index >= 15 is 0 Å². The van der Waals surface area contributed by atoms with Gasteiger partial charge in [0, 0.05) is 32.7 Å². The number of esters is 1. The quantitative estimate of drug-likeness (QED) is 0.280. The minimum absolute atomic E-state index is 0.204. The molecule has 5 aromatic rings. The van der Waals surface area contributed by atoms with Crippen LogP contribution in [0.15, 0.2) is 86.3 Å². The molecule has 0 aliphatic carbocycles. The summed E-state index contributed by atoms with van der Waals surface area (Å²) in [5.74, 6) is 0.0701. The summed E-state index contributed by atoms with van der Waals surface area (Å²) in [5, 5.41) is 2.85. The van der Waals surface area contributed by atoms with Gasteiger partial charge in [-0.3, -0.25) is 9.36 Å². The van der Waals surface area contributed by atoms with Crippen LogP contribution >= 0.6 is 27.3 Å². The number of ether oxygens (including phenoxy) is 2. The van der Waals surface area contributed by atoms with Crippen LogP contribution in [-0.4, -0.2) is 29.2 Å². The summed E-state index contributed by atoms with van der Waals surface area (Å²) in [5.41, 5.74) is 3.17. The molecule has 1 N–H and O–H groups in total. The zero-order valence-electron chi connectivity index (χ0n) is 21.4. The number of methoxy groups -OCH3 is 1. The Morgan fingerprint density at radius 3 is 2.79 bits per heavy atom. The second-order valence-corrected chi connectivity index (χ2v) is 11.1. The SMILES string of the molecule is CCOC(=O)C1=C(C)N=c2sc(=Cc3c[nH]c4ccc(Br)cc34)c(=O)n2C1c1c(OC)ccc2ccccc12. The third-order valence-electron chi connectivity index (χ3n) is 6.90. The zero-order valence-corrected chi connectivity index (χ0v) is 23.9. The molecule has 0 spiro atoms. The van der Waals surface area contributed by atoms with Crippen LogP contribution in [0.5, 0.6) is 5.75 Å². The van der Waals surface area contributed by atoms with Crippen molar-refractivity contribution in [3.63, 3.8) is 0 Å². The Morgan fingerprint density at radius 2 is 2.00 bits per heavy atom. The van der Waals surface area contributed by atoms with Crippen LogP contribution in [0.4, 0.5) is 0 Å². The maximum absolute atomic E-state index is 14.1. The Bertz CT molecular complexity index is 2000. The molecule has 6 rings (SSSR count). The second kappa shape index (κ2) is 9.98. The number of fused-ring (bicyclic) bond motifs is 3. The maximum atomic E-state index is 14.1. The van der Waals surface area contributed by atoms with Gasteiger partial charge < -0.3 is 14.5 Å². The number of allylic oxidation sites excluding steroid dienone is 1.